The van der Waals surface area contributed by atoms with Crippen LogP contribution in [0.1, 0.15) is 23.6 Å². The highest BCUT2D eigenvalue weighted by Crippen LogP contribution is 2.36. The fourth-order valence-electron chi connectivity index (χ4n) is 2.17. The van der Waals surface area contributed by atoms with Crippen LogP contribution in [0.2, 0.25) is 0 Å². The Balaban J connectivity index is 0.00000144. The third-order valence-corrected chi connectivity index (χ3v) is 3.03. The number of alkyl halides is 2. The third-order valence-electron chi connectivity index (χ3n) is 3.03. The Hall–Kier alpha value is -0.870. The van der Waals surface area contributed by atoms with Gasteiger partial charge in [0.15, 0.2) is 0 Å². The highest BCUT2D eigenvalue weighted by Gasteiger charge is 2.40. The molecule has 1 saturated heterocycles. The van der Waals surface area contributed by atoms with Gasteiger partial charge in [-0.15, -0.1) is 12.4 Å². The molecule has 1 N–H and O–H groups in total. The Morgan fingerprint density at radius 2 is 2.12 bits per heavy atom. The molecule has 0 aliphatic carbocycles. The second kappa shape index (κ2) is 5.19. The van der Waals surface area contributed by atoms with Gasteiger partial charge in [-0.25, -0.2) is 8.78 Å². The largest absolute Gasteiger partial charge is 0.496 e. The molecule has 2 nitrogen and oxygen atoms in total. The Morgan fingerprint density at radius 1 is 1.41 bits per heavy atom. The first-order chi connectivity index (χ1) is 7.53. The van der Waals surface area contributed by atoms with Gasteiger partial charge >= 0.3 is 0 Å². The average molecular weight is 264 g/mol. The predicted molar refractivity (Wildman–Crippen MR) is 65.3 cm³/mol. The van der Waals surface area contributed by atoms with Crippen LogP contribution in [0.25, 0.3) is 0 Å². The van der Waals surface area contributed by atoms with Crippen molar-refractivity contribution in [2.24, 2.45) is 0 Å². The second-order valence-electron chi connectivity index (χ2n) is 4.17. The van der Waals surface area contributed by atoms with Crippen molar-refractivity contribution in [1.29, 1.82) is 0 Å². The van der Waals surface area contributed by atoms with Crippen LogP contribution in [0.3, 0.4) is 0 Å². The lowest BCUT2D eigenvalue weighted by Gasteiger charge is -2.15. The van der Waals surface area contributed by atoms with E-state index in [-0.39, 0.29) is 31.4 Å². The van der Waals surface area contributed by atoms with Crippen LogP contribution in [0.4, 0.5) is 8.78 Å². The summed E-state index contributed by atoms with van der Waals surface area (Å²) in [6.45, 7) is 1.65. The number of hydrogen-bond donors (Lipinski definition) is 1. The molecule has 1 aromatic carbocycles. The first-order valence-electron chi connectivity index (χ1n) is 5.28. The molecule has 1 heterocycles. The molecule has 0 spiro atoms. The van der Waals surface area contributed by atoms with Gasteiger partial charge in [0.25, 0.3) is 5.92 Å². The van der Waals surface area contributed by atoms with Gasteiger partial charge in [-0.05, 0) is 24.1 Å². The summed E-state index contributed by atoms with van der Waals surface area (Å²) in [5, 5.41) is 2.85. The Labute approximate surface area is 106 Å². The molecule has 5 heteroatoms. The molecule has 1 aromatic rings. The highest BCUT2D eigenvalue weighted by molar-refractivity contribution is 5.85. The van der Waals surface area contributed by atoms with E-state index in [0.717, 1.165) is 16.9 Å². The monoisotopic (exact) mass is 263 g/mol. The molecule has 1 aliphatic rings. The minimum Gasteiger partial charge on any atom is -0.496 e. The van der Waals surface area contributed by atoms with E-state index >= 15 is 0 Å². The number of hydrogen-bond acceptors (Lipinski definition) is 2. The summed E-state index contributed by atoms with van der Waals surface area (Å²) in [5.41, 5.74) is 1.83. The normalized spacial score (nSPS) is 22.0. The maximum atomic E-state index is 13.1. The Morgan fingerprint density at radius 3 is 2.65 bits per heavy atom. The van der Waals surface area contributed by atoms with Gasteiger partial charge in [-0.1, -0.05) is 12.1 Å². The van der Waals surface area contributed by atoms with E-state index in [2.05, 4.69) is 5.32 Å². The van der Waals surface area contributed by atoms with Gasteiger partial charge in [-0.3, -0.25) is 0 Å². The van der Waals surface area contributed by atoms with Crippen molar-refractivity contribution in [1.82, 2.24) is 5.32 Å². The Bertz CT molecular complexity index is 398. The van der Waals surface area contributed by atoms with Crippen molar-refractivity contribution in [2.45, 2.75) is 25.3 Å². The van der Waals surface area contributed by atoms with E-state index in [1.54, 1.807) is 7.11 Å². The first kappa shape index (κ1) is 14.2. The van der Waals surface area contributed by atoms with Gasteiger partial charge in [0.1, 0.15) is 5.75 Å². The second-order valence-corrected chi connectivity index (χ2v) is 4.17. The quantitative estimate of drug-likeness (QED) is 0.885. The third kappa shape index (κ3) is 2.87. The van der Waals surface area contributed by atoms with Crippen molar-refractivity contribution in [3.05, 3.63) is 29.3 Å². The van der Waals surface area contributed by atoms with Gasteiger partial charge in [0.2, 0.25) is 0 Å². The van der Waals surface area contributed by atoms with Crippen molar-refractivity contribution >= 4 is 12.4 Å². The standard InChI is InChI=1S/C12H15F2NO.ClH/c1-8-9(4-3-5-11(8)16-2)10-6-12(13,14)7-15-10;/h3-5,10,15H,6-7H2,1-2H3;1H/t10-;/m0./s1. The molecule has 0 radical (unpaired) electrons. The molecule has 0 amide bonds. The number of rotatable bonds is 2. The summed E-state index contributed by atoms with van der Waals surface area (Å²) in [5.74, 6) is -1.85. The number of halogens is 3. The van der Waals surface area contributed by atoms with Gasteiger partial charge in [0.05, 0.1) is 13.7 Å². The van der Waals surface area contributed by atoms with Crippen LogP contribution < -0.4 is 10.1 Å². The van der Waals surface area contributed by atoms with Crippen LogP contribution in [0.15, 0.2) is 18.2 Å². The SMILES string of the molecule is COc1cccc([C@@H]2CC(F)(F)CN2)c1C.Cl. The van der Waals surface area contributed by atoms with Crippen LogP contribution in [0, 0.1) is 6.92 Å². The summed E-state index contributed by atoms with van der Waals surface area (Å²) in [4.78, 5) is 0. The zero-order valence-electron chi connectivity index (χ0n) is 9.80. The lowest BCUT2D eigenvalue weighted by atomic mass is 9.98. The number of benzene rings is 1. The van der Waals surface area contributed by atoms with E-state index in [1.807, 2.05) is 25.1 Å². The molecule has 0 aromatic heterocycles. The van der Waals surface area contributed by atoms with E-state index in [1.165, 1.54) is 0 Å². The number of nitrogens with one attached hydrogen (secondary N) is 1. The number of methoxy groups -OCH3 is 1. The molecular formula is C12H16ClF2NO. The predicted octanol–water partition coefficient (Wildman–Crippen LogP) is 3.10. The topological polar surface area (TPSA) is 21.3 Å². The molecule has 1 aliphatic heterocycles. The number of ether oxygens (including phenoxy) is 1. The molecule has 0 bridgehead atoms. The molecule has 0 saturated carbocycles. The minimum atomic E-state index is -2.60. The summed E-state index contributed by atoms with van der Waals surface area (Å²) in [6.07, 6.45) is -0.138. The maximum absolute atomic E-state index is 13.1. The zero-order chi connectivity index (χ0) is 11.8. The fourth-order valence-corrected chi connectivity index (χ4v) is 2.17. The van der Waals surface area contributed by atoms with Crippen LogP contribution in [-0.4, -0.2) is 19.6 Å². The summed E-state index contributed by atoms with van der Waals surface area (Å²) < 4.78 is 31.4. The fraction of sp³-hybridized carbons (Fsp3) is 0.500. The van der Waals surface area contributed by atoms with E-state index in [9.17, 15) is 8.78 Å². The van der Waals surface area contributed by atoms with E-state index in [0.29, 0.717) is 0 Å². The molecule has 17 heavy (non-hydrogen) atoms. The average Bonchev–Trinajstić information content (AvgIpc) is 2.59. The molecule has 96 valence electrons. The molecule has 0 unspecified atom stereocenters. The summed E-state index contributed by atoms with van der Waals surface area (Å²) >= 11 is 0. The highest BCUT2D eigenvalue weighted by atomic mass is 35.5. The van der Waals surface area contributed by atoms with Gasteiger partial charge in [-0.2, -0.15) is 0 Å². The zero-order valence-corrected chi connectivity index (χ0v) is 10.6. The molecule has 1 atom stereocenters. The van der Waals surface area contributed by atoms with Gasteiger partial charge in [0, 0.05) is 12.5 Å². The van der Waals surface area contributed by atoms with E-state index in [4.69, 9.17) is 4.74 Å². The lowest BCUT2D eigenvalue weighted by molar-refractivity contribution is 0.0210. The maximum Gasteiger partial charge on any atom is 0.262 e. The van der Waals surface area contributed by atoms with Crippen molar-refractivity contribution < 1.29 is 13.5 Å². The molecule has 2 rings (SSSR count). The summed E-state index contributed by atoms with van der Waals surface area (Å²) in [6, 6.07) is 5.27. The summed E-state index contributed by atoms with van der Waals surface area (Å²) in [7, 11) is 1.59. The Kier molecular flexibility index (Phi) is 4.33. The minimum absolute atomic E-state index is 0. The van der Waals surface area contributed by atoms with Crippen molar-refractivity contribution in [3.8, 4) is 5.75 Å². The first-order valence-corrected chi connectivity index (χ1v) is 5.28. The van der Waals surface area contributed by atoms with Crippen LogP contribution in [0.5, 0.6) is 5.75 Å². The smallest absolute Gasteiger partial charge is 0.262 e. The van der Waals surface area contributed by atoms with Gasteiger partial charge < -0.3 is 10.1 Å². The lowest BCUT2D eigenvalue weighted by Crippen LogP contribution is -2.19. The van der Waals surface area contributed by atoms with E-state index < -0.39 is 5.92 Å². The molecule has 1 fully saturated rings. The molecular weight excluding hydrogens is 248 g/mol. The van der Waals surface area contributed by atoms with Crippen LogP contribution in [-0.2, 0) is 0 Å². The van der Waals surface area contributed by atoms with Crippen molar-refractivity contribution in [3.63, 3.8) is 0 Å². The van der Waals surface area contributed by atoms with Crippen molar-refractivity contribution in [2.75, 3.05) is 13.7 Å². The van der Waals surface area contributed by atoms with Crippen LogP contribution >= 0.6 is 12.4 Å².